The maximum Gasteiger partial charge on any atom is 0.341 e. The number of hydrogen-bond acceptors (Lipinski definition) is 8. The van der Waals surface area contributed by atoms with Gasteiger partial charge in [-0.1, -0.05) is 47.1 Å². The second kappa shape index (κ2) is 10.1. The molecule has 4 aromatic rings. The summed E-state index contributed by atoms with van der Waals surface area (Å²) in [6, 6.07) is 17.2. The number of pyridine rings is 1. The van der Waals surface area contributed by atoms with Gasteiger partial charge in [-0.2, -0.15) is 5.26 Å². The molecule has 0 saturated heterocycles. The number of para-hydroxylation sites is 1. The molecule has 1 N–H and O–H groups in total. The zero-order chi connectivity index (χ0) is 24.9. The van der Waals surface area contributed by atoms with E-state index >= 15 is 0 Å². The number of esters is 1. The summed E-state index contributed by atoms with van der Waals surface area (Å²) >= 11 is 5.95. The molecule has 0 amide bonds. The zero-order valence-electron chi connectivity index (χ0n) is 18.7. The van der Waals surface area contributed by atoms with Crippen molar-refractivity contribution < 1.29 is 23.9 Å². The Labute approximate surface area is 205 Å². The molecule has 0 spiro atoms. The van der Waals surface area contributed by atoms with Crippen LogP contribution in [0.5, 0.6) is 5.75 Å². The summed E-state index contributed by atoms with van der Waals surface area (Å²) in [5, 5.41) is 25.0. The predicted molar refractivity (Wildman–Crippen MR) is 129 cm³/mol. The molecule has 0 atom stereocenters. The minimum absolute atomic E-state index is 0.135. The van der Waals surface area contributed by atoms with Crippen molar-refractivity contribution in [3.63, 3.8) is 0 Å². The molecule has 8 nitrogen and oxygen atoms in total. The molecule has 0 aliphatic heterocycles. The Balaban J connectivity index is 1.80. The fourth-order valence-corrected chi connectivity index (χ4v) is 3.75. The van der Waals surface area contributed by atoms with E-state index in [1.54, 1.807) is 48.5 Å². The fraction of sp³-hybridized carbons (Fsp3) is 0.0769. The summed E-state index contributed by atoms with van der Waals surface area (Å²) in [5.41, 5.74) is 2.95. The smallest absolute Gasteiger partial charge is 0.341 e. The fourth-order valence-electron chi connectivity index (χ4n) is 3.59. The Morgan fingerprint density at radius 3 is 2.60 bits per heavy atom. The van der Waals surface area contributed by atoms with Crippen LogP contribution in [0.15, 0.2) is 71.6 Å². The number of carbonyl (C=O) groups is 1. The first kappa shape index (κ1) is 23.5. The van der Waals surface area contributed by atoms with Gasteiger partial charge in [-0.3, -0.25) is 4.98 Å². The number of carbonyl (C=O) groups excluding carboxylic acids is 1. The number of methoxy groups -OCH3 is 2. The minimum atomic E-state index is -0.572. The third kappa shape index (κ3) is 4.58. The Bertz CT molecular complexity index is 1490. The van der Waals surface area contributed by atoms with Gasteiger partial charge in [0.1, 0.15) is 23.1 Å². The molecule has 0 saturated carbocycles. The monoisotopic (exact) mass is 487 g/mol. The summed E-state index contributed by atoms with van der Waals surface area (Å²) < 4.78 is 15.5. The van der Waals surface area contributed by atoms with Crippen LogP contribution in [0.3, 0.4) is 0 Å². The summed E-state index contributed by atoms with van der Waals surface area (Å²) in [4.78, 5) is 16.5. The normalized spacial score (nSPS) is 11.1. The highest BCUT2D eigenvalue weighted by Gasteiger charge is 2.22. The van der Waals surface area contributed by atoms with Gasteiger partial charge in [-0.05, 0) is 18.2 Å². The van der Waals surface area contributed by atoms with E-state index in [2.05, 4.69) is 10.1 Å². The van der Waals surface area contributed by atoms with Gasteiger partial charge in [0.2, 0.25) is 0 Å². The van der Waals surface area contributed by atoms with Crippen LogP contribution in [0.4, 0.5) is 0 Å². The van der Waals surface area contributed by atoms with Crippen LogP contribution in [-0.2, 0) is 14.3 Å². The molecule has 174 valence electrons. The molecule has 2 heterocycles. The quantitative estimate of drug-likeness (QED) is 0.216. The van der Waals surface area contributed by atoms with Crippen molar-refractivity contribution in [2.75, 3.05) is 14.2 Å². The molecule has 2 aromatic carbocycles. The van der Waals surface area contributed by atoms with E-state index in [0.717, 1.165) is 0 Å². The van der Waals surface area contributed by atoms with Gasteiger partial charge in [0.05, 0.1) is 42.3 Å². The number of hydrogen-bond donors (Lipinski definition) is 1. The number of nitrogens with zero attached hydrogens (tertiary/aromatic N) is 3. The van der Waals surface area contributed by atoms with Crippen molar-refractivity contribution in [2.45, 2.75) is 0 Å². The SMILES string of the molecule is COC=C(C(=O)OC)c1ccccc1-c1cc(-c2cccc(-c3ncc(Cl)cc3C#N)c2O)on1. The van der Waals surface area contributed by atoms with Crippen molar-refractivity contribution in [1.29, 1.82) is 5.26 Å². The number of aromatic nitrogens is 2. The standard InChI is InChI=1S/C26H18ClN3O5/c1-33-14-21(26(32)34-2)17-6-3-4-7-18(17)22-11-23(35-30-22)19-8-5-9-20(25(19)31)24-15(12-28)10-16(27)13-29-24/h3-11,13-14,31H,1-2H3. The number of phenols is 1. The van der Waals surface area contributed by atoms with Crippen LogP contribution >= 0.6 is 11.6 Å². The van der Waals surface area contributed by atoms with Crippen LogP contribution in [0.2, 0.25) is 5.02 Å². The first-order chi connectivity index (χ1) is 17.0. The maximum absolute atomic E-state index is 12.3. The highest BCUT2D eigenvalue weighted by atomic mass is 35.5. The Hall–Kier alpha value is -4.61. The summed E-state index contributed by atoms with van der Waals surface area (Å²) in [5.74, 6) is -0.432. The molecule has 2 aromatic heterocycles. The number of benzene rings is 2. The van der Waals surface area contributed by atoms with Gasteiger partial charge in [0.15, 0.2) is 5.76 Å². The van der Waals surface area contributed by atoms with Crippen molar-refractivity contribution >= 4 is 23.1 Å². The molecule has 9 heteroatoms. The van der Waals surface area contributed by atoms with Gasteiger partial charge in [0.25, 0.3) is 0 Å². The number of nitriles is 1. The molecule has 0 aliphatic carbocycles. The van der Waals surface area contributed by atoms with Crippen molar-refractivity contribution in [3.8, 4) is 45.7 Å². The van der Waals surface area contributed by atoms with Crippen LogP contribution < -0.4 is 0 Å². The molecule has 0 bridgehead atoms. The van der Waals surface area contributed by atoms with Crippen molar-refractivity contribution in [3.05, 3.63) is 83.2 Å². The lowest BCUT2D eigenvalue weighted by Crippen LogP contribution is -2.05. The predicted octanol–water partition coefficient (Wildman–Crippen LogP) is 5.46. The third-order valence-electron chi connectivity index (χ3n) is 5.18. The highest BCUT2D eigenvalue weighted by Crippen LogP contribution is 2.40. The minimum Gasteiger partial charge on any atom is -0.506 e. The van der Waals surface area contributed by atoms with E-state index in [1.165, 1.54) is 32.7 Å². The first-order valence-electron chi connectivity index (χ1n) is 10.2. The maximum atomic E-state index is 12.3. The first-order valence-corrected chi connectivity index (χ1v) is 10.6. The zero-order valence-corrected chi connectivity index (χ0v) is 19.4. The second-order valence-electron chi connectivity index (χ2n) is 7.24. The largest absolute Gasteiger partial charge is 0.506 e. The molecular weight excluding hydrogens is 470 g/mol. The van der Waals surface area contributed by atoms with Gasteiger partial charge in [-0.15, -0.1) is 0 Å². The summed E-state index contributed by atoms with van der Waals surface area (Å²) in [6.07, 6.45) is 2.70. The van der Waals surface area contributed by atoms with E-state index in [0.29, 0.717) is 33.0 Å². The van der Waals surface area contributed by atoms with E-state index in [9.17, 15) is 15.2 Å². The third-order valence-corrected chi connectivity index (χ3v) is 5.38. The molecule has 4 rings (SSSR count). The molecule has 0 fully saturated rings. The van der Waals surface area contributed by atoms with Crippen LogP contribution in [0, 0.1) is 11.3 Å². The van der Waals surface area contributed by atoms with Crippen LogP contribution in [0.25, 0.3) is 39.4 Å². The van der Waals surface area contributed by atoms with Gasteiger partial charge in [0, 0.05) is 29.0 Å². The van der Waals surface area contributed by atoms with Crippen molar-refractivity contribution in [1.82, 2.24) is 10.1 Å². The van der Waals surface area contributed by atoms with Crippen LogP contribution in [-0.4, -0.2) is 35.4 Å². The van der Waals surface area contributed by atoms with Gasteiger partial charge < -0.3 is 19.1 Å². The van der Waals surface area contributed by atoms with E-state index in [-0.39, 0.29) is 28.3 Å². The lowest BCUT2D eigenvalue weighted by Gasteiger charge is -2.09. The van der Waals surface area contributed by atoms with Crippen molar-refractivity contribution in [2.24, 2.45) is 0 Å². The molecule has 35 heavy (non-hydrogen) atoms. The Morgan fingerprint density at radius 1 is 1.11 bits per heavy atom. The molecular formula is C26H18ClN3O5. The number of rotatable bonds is 6. The second-order valence-corrected chi connectivity index (χ2v) is 7.68. The van der Waals surface area contributed by atoms with Crippen LogP contribution in [0.1, 0.15) is 11.1 Å². The average Bonchev–Trinajstić information content (AvgIpc) is 3.37. The topological polar surface area (TPSA) is 118 Å². The van der Waals surface area contributed by atoms with Gasteiger partial charge >= 0.3 is 5.97 Å². The molecule has 0 unspecified atom stereocenters. The highest BCUT2D eigenvalue weighted by molar-refractivity contribution is 6.30. The number of ether oxygens (including phenoxy) is 2. The summed E-state index contributed by atoms with van der Waals surface area (Å²) in [6.45, 7) is 0. The Kier molecular flexibility index (Phi) is 6.81. The summed E-state index contributed by atoms with van der Waals surface area (Å²) in [7, 11) is 2.72. The average molecular weight is 488 g/mol. The van der Waals surface area contributed by atoms with E-state index in [1.807, 2.05) is 6.07 Å². The Morgan fingerprint density at radius 2 is 1.86 bits per heavy atom. The van der Waals surface area contributed by atoms with E-state index in [4.69, 9.17) is 25.6 Å². The number of phenolic OH excluding ortho intramolecular Hbond substituents is 1. The van der Waals surface area contributed by atoms with E-state index < -0.39 is 5.97 Å². The molecule has 0 radical (unpaired) electrons. The van der Waals surface area contributed by atoms with Gasteiger partial charge in [-0.25, -0.2) is 4.79 Å². The lowest BCUT2D eigenvalue weighted by molar-refractivity contribution is -0.133. The number of halogens is 1. The number of aromatic hydroxyl groups is 1. The molecule has 0 aliphatic rings. The lowest BCUT2D eigenvalue weighted by atomic mass is 9.97.